The molecular formula is C13H18ClN3O2. The van der Waals surface area contributed by atoms with Crippen molar-refractivity contribution in [2.24, 2.45) is 0 Å². The van der Waals surface area contributed by atoms with Crippen molar-refractivity contribution in [3.05, 3.63) is 23.2 Å². The molecule has 1 saturated heterocycles. The second-order valence-corrected chi connectivity index (χ2v) is 5.20. The third-order valence-corrected chi connectivity index (χ3v) is 3.50. The Labute approximate surface area is 117 Å². The van der Waals surface area contributed by atoms with E-state index in [1.807, 2.05) is 4.90 Å². The molecule has 0 bridgehead atoms. The normalized spacial score (nSPS) is 17.4. The van der Waals surface area contributed by atoms with E-state index in [0.717, 1.165) is 25.9 Å². The van der Waals surface area contributed by atoms with E-state index < -0.39 is 0 Å². The molecule has 0 radical (unpaired) electrons. The van der Waals surface area contributed by atoms with Gasteiger partial charge in [0.15, 0.2) is 0 Å². The zero-order chi connectivity index (χ0) is 13.8. The van der Waals surface area contributed by atoms with E-state index in [2.05, 4.69) is 5.32 Å². The van der Waals surface area contributed by atoms with E-state index in [1.165, 1.54) is 0 Å². The van der Waals surface area contributed by atoms with Crippen molar-refractivity contribution in [3.63, 3.8) is 0 Å². The number of rotatable bonds is 3. The molecule has 2 rings (SSSR count). The standard InChI is InChI=1S/C13H18ClN3O2/c14-11-7-9(15)1-2-12(11)16-13(19)8-17-5-3-10(18)4-6-17/h1-2,7,10,18H,3-6,8,15H2,(H,16,19). The molecule has 0 atom stereocenters. The van der Waals surface area contributed by atoms with Crippen LogP contribution in [0.5, 0.6) is 0 Å². The fourth-order valence-corrected chi connectivity index (χ4v) is 2.34. The summed E-state index contributed by atoms with van der Waals surface area (Å²) in [5.41, 5.74) is 6.72. The molecule has 4 N–H and O–H groups in total. The number of hydrogen-bond donors (Lipinski definition) is 3. The molecule has 104 valence electrons. The molecule has 0 saturated carbocycles. The quantitative estimate of drug-likeness (QED) is 0.731. The van der Waals surface area contributed by atoms with Crippen LogP contribution in [-0.2, 0) is 4.79 Å². The van der Waals surface area contributed by atoms with Crippen LogP contribution in [0, 0.1) is 0 Å². The highest BCUT2D eigenvalue weighted by atomic mass is 35.5. The first-order chi connectivity index (χ1) is 9.04. The summed E-state index contributed by atoms with van der Waals surface area (Å²) >= 11 is 5.99. The molecule has 0 aromatic heterocycles. The number of anilines is 2. The molecule has 0 unspecified atom stereocenters. The number of nitrogens with one attached hydrogen (secondary N) is 1. The van der Waals surface area contributed by atoms with Gasteiger partial charge in [-0.2, -0.15) is 0 Å². The van der Waals surface area contributed by atoms with E-state index in [0.29, 0.717) is 22.9 Å². The summed E-state index contributed by atoms with van der Waals surface area (Å²) in [7, 11) is 0. The zero-order valence-corrected chi connectivity index (χ0v) is 11.4. The summed E-state index contributed by atoms with van der Waals surface area (Å²) in [5.74, 6) is -0.108. The van der Waals surface area contributed by atoms with Gasteiger partial charge >= 0.3 is 0 Å². The van der Waals surface area contributed by atoms with Gasteiger partial charge in [0, 0.05) is 18.8 Å². The number of aliphatic hydroxyl groups excluding tert-OH is 1. The summed E-state index contributed by atoms with van der Waals surface area (Å²) in [4.78, 5) is 13.9. The number of piperidine rings is 1. The number of benzene rings is 1. The van der Waals surface area contributed by atoms with Gasteiger partial charge in [0.25, 0.3) is 0 Å². The number of halogens is 1. The Balaban J connectivity index is 1.87. The predicted octanol–water partition coefficient (Wildman–Crippen LogP) is 1.32. The first-order valence-electron chi connectivity index (χ1n) is 6.30. The van der Waals surface area contributed by atoms with Crippen molar-refractivity contribution >= 4 is 28.9 Å². The van der Waals surface area contributed by atoms with E-state index in [1.54, 1.807) is 18.2 Å². The zero-order valence-electron chi connectivity index (χ0n) is 10.6. The van der Waals surface area contributed by atoms with Crippen molar-refractivity contribution in [1.82, 2.24) is 4.90 Å². The van der Waals surface area contributed by atoms with Crippen molar-refractivity contribution in [2.45, 2.75) is 18.9 Å². The maximum Gasteiger partial charge on any atom is 0.238 e. The number of nitrogens with zero attached hydrogens (tertiary/aromatic N) is 1. The van der Waals surface area contributed by atoms with Crippen LogP contribution in [0.15, 0.2) is 18.2 Å². The lowest BCUT2D eigenvalue weighted by Gasteiger charge is -2.28. The number of nitrogen functional groups attached to an aromatic ring is 1. The molecule has 6 heteroatoms. The van der Waals surface area contributed by atoms with E-state index in [4.69, 9.17) is 17.3 Å². The molecule has 1 heterocycles. The fourth-order valence-electron chi connectivity index (χ4n) is 2.10. The van der Waals surface area contributed by atoms with Crippen LogP contribution in [-0.4, -0.2) is 41.7 Å². The van der Waals surface area contributed by atoms with Gasteiger partial charge in [-0.3, -0.25) is 9.69 Å². The average Bonchev–Trinajstić information content (AvgIpc) is 2.36. The Bertz CT molecular complexity index is 459. The van der Waals surface area contributed by atoms with Crippen LogP contribution >= 0.6 is 11.6 Å². The molecule has 1 fully saturated rings. The second-order valence-electron chi connectivity index (χ2n) is 4.79. The first kappa shape index (κ1) is 14.1. The molecule has 19 heavy (non-hydrogen) atoms. The molecule has 5 nitrogen and oxygen atoms in total. The third-order valence-electron chi connectivity index (χ3n) is 3.19. The SMILES string of the molecule is Nc1ccc(NC(=O)CN2CCC(O)CC2)c(Cl)c1. The first-order valence-corrected chi connectivity index (χ1v) is 6.67. The fraction of sp³-hybridized carbons (Fsp3) is 0.462. The minimum Gasteiger partial charge on any atom is -0.399 e. The Morgan fingerprint density at radius 1 is 1.47 bits per heavy atom. The van der Waals surface area contributed by atoms with Crippen LogP contribution < -0.4 is 11.1 Å². The molecule has 0 aliphatic carbocycles. The Morgan fingerprint density at radius 2 is 2.16 bits per heavy atom. The lowest BCUT2D eigenvalue weighted by molar-refractivity contribution is -0.117. The van der Waals surface area contributed by atoms with Crippen LogP contribution in [0.2, 0.25) is 5.02 Å². The highest BCUT2D eigenvalue weighted by Gasteiger charge is 2.19. The summed E-state index contributed by atoms with van der Waals surface area (Å²) in [6, 6.07) is 4.99. The number of carbonyl (C=O) groups excluding carboxylic acids is 1. The topological polar surface area (TPSA) is 78.6 Å². The van der Waals surface area contributed by atoms with Gasteiger partial charge in [-0.25, -0.2) is 0 Å². The van der Waals surface area contributed by atoms with Crippen LogP contribution in [0.1, 0.15) is 12.8 Å². The highest BCUT2D eigenvalue weighted by molar-refractivity contribution is 6.34. The van der Waals surface area contributed by atoms with Crippen LogP contribution in [0.4, 0.5) is 11.4 Å². The van der Waals surface area contributed by atoms with Crippen molar-refractivity contribution in [3.8, 4) is 0 Å². The summed E-state index contributed by atoms with van der Waals surface area (Å²) in [6.45, 7) is 1.79. The van der Waals surface area contributed by atoms with Crippen LogP contribution in [0.3, 0.4) is 0 Å². The maximum absolute atomic E-state index is 11.9. The smallest absolute Gasteiger partial charge is 0.238 e. The summed E-state index contributed by atoms with van der Waals surface area (Å²) in [6.07, 6.45) is 1.21. The molecule has 0 spiro atoms. The number of nitrogens with two attached hydrogens (primary N) is 1. The number of amides is 1. The monoisotopic (exact) mass is 283 g/mol. The van der Waals surface area contributed by atoms with Gasteiger partial charge < -0.3 is 16.2 Å². The van der Waals surface area contributed by atoms with E-state index in [-0.39, 0.29) is 12.0 Å². The number of carbonyl (C=O) groups is 1. The number of likely N-dealkylation sites (tertiary alicyclic amines) is 1. The molecule has 1 aliphatic rings. The minimum absolute atomic E-state index is 0.108. The lowest BCUT2D eigenvalue weighted by atomic mass is 10.1. The molecule has 1 aromatic rings. The maximum atomic E-state index is 11.9. The minimum atomic E-state index is -0.231. The van der Waals surface area contributed by atoms with Gasteiger partial charge in [0.1, 0.15) is 0 Å². The molecular weight excluding hydrogens is 266 g/mol. The average molecular weight is 284 g/mol. The Hall–Kier alpha value is -1.30. The van der Waals surface area contributed by atoms with Gasteiger partial charge in [0.05, 0.1) is 23.4 Å². The molecule has 1 aromatic carbocycles. The van der Waals surface area contributed by atoms with Gasteiger partial charge in [0.2, 0.25) is 5.91 Å². The Kier molecular flexibility index (Phi) is 4.63. The second kappa shape index (κ2) is 6.23. The van der Waals surface area contributed by atoms with E-state index >= 15 is 0 Å². The van der Waals surface area contributed by atoms with Gasteiger partial charge in [-0.1, -0.05) is 11.6 Å². The summed E-state index contributed by atoms with van der Waals surface area (Å²) < 4.78 is 0. The number of hydrogen-bond acceptors (Lipinski definition) is 4. The van der Waals surface area contributed by atoms with Crippen molar-refractivity contribution in [1.29, 1.82) is 0 Å². The van der Waals surface area contributed by atoms with Gasteiger partial charge in [-0.15, -0.1) is 0 Å². The number of aliphatic hydroxyl groups is 1. The van der Waals surface area contributed by atoms with Gasteiger partial charge in [-0.05, 0) is 31.0 Å². The molecule has 1 amide bonds. The third kappa shape index (κ3) is 4.09. The van der Waals surface area contributed by atoms with E-state index in [9.17, 15) is 9.90 Å². The highest BCUT2D eigenvalue weighted by Crippen LogP contribution is 2.24. The largest absolute Gasteiger partial charge is 0.399 e. The van der Waals surface area contributed by atoms with Crippen molar-refractivity contribution < 1.29 is 9.90 Å². The Morgan fingerprint density at radius 3 is 2.79 bits per heavy atom. The molecule has 1 aliphatic heterocycles. The predicted molar refractivity (Wildman–Crippen MR) is 76.2 cm³/mol. The summed E-state index contributed by atoms with van der Waals surface area (Å²) in [5, 5.41) is 12.6. The van der Waals surface area contributed by atoms with Crippen molar-refractivity contribution in [2.75, 3.05) is 30.7 Å². The lowest BCUT2D eigenvalue weighted by Crippen LogP contribution is -2.40. The van der Waals surface area contributed by atoms with Crippen LogP contribution in [0.25, 0.3) is 0 Å².